The fraction of sp³-hybridized carbons (Fsp3) is 0.222. The minimum atomic E-state index is -0.686. The topological polar surface area (TPSA) is 96.3 Å². The van der Waals surface area contributed by atoms with Crippen LogP contribution in [0.5, 0.6) is 11.5 Å². The number of aromatic nitrogens is 1. The van der Waals surface area contributed by atoms with Crippen LogP contribution in [0.2, 0.25) is 5.02 Å². The standard InChI is InChI=1S/C27H24ClFN4O3/c1-35-24-8-4-5-18(27(24)36-19-6-2-3-7-19)10-12-26(34)33-23-14-21(29)20(28)13-22(23)32-25-11-9-17(15-30)16-31-25/h4-5,8-14,16,19H,2-3,6-7H2,1H3,(H,31,32)(H,33,34)/b12-10+. The second kappa shape index (κ2) is 11.6. The lowest BCUT2D eigenvalue weighted by Crippen LogP contribution is -2.13. The first-order valence-electron chi connectivity index (χ1n) is 11.4. The molecule has 2 aromatic carbocycles. The molecule has 1 aliphatic carbocycles. The summed E-state index contributed by atoms with van der Waals surface area (Å²) in [5, 5.41) is 14.5. The highest BCUT2D eigenvalue weighted by molar-refractivity contribution is 6.31. The third-order valence-corrected chi connectivity index (χ3v) is 5.99. The lowest BCUT2D eigenvalue weighted by atomic mass is 10.1. The summed E-state index contributed by atoms with van der Waals surface area (Å²) in [6.07, 6.45) is 8.69. The van der Waals surface area contributed by atoms with Gasteiger partial charge in [0.1, 0.15) is 17.7 Å². The Labute approximate surface area is 213 Å². The van der Waals surface area contributed by atoms with Gasteiger partial charge in [0.05, 0.1) is 35.2 Å². The summed E-state index contributed by atoms with van der Waals surface area (Å²) in [6, 6.07) is 13.1. The van der Waals surface area contributed by atoms with Crippen LogP contribution in [0.15, 0.2) is 54.7 Å². The molecule has 1 saturated carbocycles. The van der Waals surface area contributed by atoms with Crippen LogP contribution in [0.25, 0.3) is 6.08 Å². The van der Waals surface area contributed by atoms with Gasteiger partial charge >= 0.3 is 0 Å². The van der Waals surface area contributed by atoms with Crippen LogP contribution < -0.4 is 20.1 Å². The predicted molar refractivity (Wildman–Crippen MR) is 137 cm³/mol. The van der Waals surface area contributed by atoms with Gasteiger partial charge in [0.25, 0.3) is 0 Å². The lowest BCUT2D eigenvalue weighted by Gasteiger charge is -2.18. The third kappa shape index (κ3) is 6.12. The maximum Gasteiger partial charge on any atom is 0.248 e. The van der Waals surface area contributed by atoms with Crippen LogP contribution >= 0.6 is 11.6 Å². The molecule has 4 rings (SSSR count). The summed E-state index contributed by atoms with van der Waals surface area (Å²) in [6.45, 7) is 0. The van der Waals surface area contributed by atoms with Crippen molar-refractivity contribution in [2.45, 2.75) is 31.8 Å². The van der Waals surface area contributed by atoms with Crippen molar-refractivity contribution in [2.24, 2.45) is 0 Å². The van der Waals surface area contributed by atoms with Crippen molar-refractivity contribution in [1.82, 2.24) is 4.98 Å². The van der Waals surface area contributed by atoms with Crippen LogP contribution in [0, 0.1) is 17.1 Å². The van der Waals surface area contributed by atoms with Crippen molar-refractivity contribution >= 4 is 40.8 Å². The SMILES string of the molecule is COc1cccc(/C=C/C(=O)Nc2cc(F)c(Cl)cc2Nc2ccc(C#N)cn2)c1OC1CCCC1. The molecule has 1 aromatic heterocycles. The van der Waals surface area contributed by atoms with E-state index in [-0.39, 0.29) is 16.8 Å². The van der Waals surface area contributed by atoms with Gasteiger partial charge in [-0.1, -0.05) is 23.7 Å². The molecule has 1 amide bonds. The highest BCUT2D eigenvalue weighted by Gasteiger charge is 2.20. The number of pyridine rings is 1. The molecule has 184 valence electrons. The Balaban J connectivity index is 1.54. The molecule has 0 spiro atoms. The fourth-order valence-electron chi connectivity index (χ4n) is 3.89. The number of amides is 1. The van der Waals surface area contributed by atoms with Crippen LogP contribution in [-0.2, 0) is 4.79 Å². The molecular weight excluding hydrogens is 483 g/mol. The summed E-state index contributed by atoms with van der Waals surface area (Å²) in [4.78, 5) is 16.9. The predicted octanol–water partition coefficient (Wildman–Crippen LogP) is 6.47. The zero-order valence-corrected chi connectivity index (χ0v) is 20.3. The monoisotopic (exact) mass is 506 g/mol. The third-order valence-electron chi connectivity index (χ3n) is 5.70. The van der Waals surface area contributed by atoms with Gasteiger partial charge in [-0.3, -0.25) is 4.79 Å². The molecule has 0 bridgehead atoms. The molecule has 0 unspecified atom stereocenters. The second-order valence-electron chi connectivity index (χ2n) is 8.21. The molecule has 36 heavy (non-hydrogen) atoms. The lowest BCUT2D eigenvalue weighted by molar-refractivity contribution is -0.111. The number of anilines is 3. The van der Waals surface area contributed by atoms with Gasteiger partial charge in [0, 0.05) is 23.9 Å². The van der Waals surface area contributed by atoms with E-state index < -0.39 is 11.7 Å². The van der Waals surface area contributed by atoms with E-state index in [1.807, 2.05) is 24.3 Å². The Hall–Kier alpha value is -4.09. The number of nitriles is 1. The van der Waals surface area contributed by atoms with E-state index in [9.17, 15) is 9.18 Å². The average molecular weight is 507 g/mol. The molecular formula is C27H24ClFN4O3. The number of halogens is 2. The first-order valence-corrected chi connectivity index (χ1v) is 11.8. The molecule has 1 heterocycles. The molecule has 0 radical (unpaired) electrons. The van der Waals surface area contributed by atoms with Crippen molar-refractivity contribution in [3.8, 4) is 17.6 Å². The van der Waals surface area contributed by atoms with Crippen molar-refractivity contribution in [3.05, 3.63) is 76.7 Å². The largest absolute Gasteiger partial charge is 0.493 e. The van der Waals surface area contributed by atoms with Gasteiger partial charge in [-0.2, -0.15) is 5.26 Å². The van der Waals surface area contributed by atoms with E-state index >= 15 is 0 Å². The van der Waals surface area contributed by atoms with Crippen molar-refractivity contribution in [2.75, 3.05) is 17.7 Å². The number of nitrogens with one attached hydrogen (secondary N) is 2. The van der Waals surface area contributed by atoms with Gasteiger partial charge in [-0.05, 0) is 56.0 Å². The van der Waals surface area contributed by atoms with E-state index in [1.165, 1.54) is 18.3 Å². The fourth-order valence-corrected chi connectivity index (χ4v) is 4.05. The van der Waals surface area contributed by atoms with Gasteiger partial charge in [-0.15, -0.1) is 0 Å². The van der Waals surface area contributed by atoms with E-state index in [4.69, 9.17) is 26.3 Å². The Morgan fingerprint density at radius 3 is 2.72 bits per heavy atom. The highest BCUT2D eigenvalue weighted by Crippen LogP contribution is 2.36. The molecule has 7 nitrogen and oxygen atoms in total. The quantitative estimate of drug-likeness (QED) is 0.340. The minimum Gasteiger partial charge on any atom is -0.493 e. The smallest absolute Gasteiger partial charge is 0.248 e. The van der Waals surface area contributed by atoms with Gasteiger partial charge in [0.15, 0.2) is 11.5 Å². The zero-order chi connectivity index (χ0) is 25.5. The Morgan fingerprint density at radius 2 is 2.03 bits per heavy atom. The van der Waals surface area contributed by atoms with Crippen molar-refractivity contribution in [3.63, 3.8) is 0 Å². The number of carbonyl (C=O) groups is 1. The molecule has 1 aliphatic rings. The van der Waals surface area contributed by atoms with Crippen LogP contribution in [0.3, 0.4) is 0 Å². The summed E-state index contributed by atoms with van der Waals surface area (Å²) < 4.78 is 25.9. The first-order chi connectivity index (χ1) is 17.5. The molecule has 9 heteroatoms. The molecule has 0 atom stereocenters. The van der Waals surface area contributed by atoms with Gasteiger partial charge in [-0.25, -0.2) is 9.37 Å². The number of rotatable bonds is 8. The molecule has 2 N–H and O–H groups in total. The number of hydrogen-bond acceptors (Lipinski definition) is 6. The summed E-state index contributed by atoms with van der Waals surface area (Å²) in [5.74, 6) is 0.401. The maximum absolute atomic E-state index is 14.2. The summed E-state index contributed by atoms with van der Waals surface area (Å²) in [5.41, 5.74) is 1.60. The Morgan fingerprint density at radius 1 is 1.22 bits per heavy atom. The zero-order valence-electron chi connectivity index (χ0n) is 19.6. The van der Waals surface area contributed by atoms with Gasteiger partial charge < -0.3 is 20.1 Å². The molecule has 3 aromatic rings. The number of methoxy groups -OCH3 is 1. The van der Waals surface area contributed by atoms with Crippen LogP contribution in [0.4, 0.5) is 21.6 Å². The number of para-hydroxylation sites is 1. The second-order valence-corrected chi connectivity index (χ2v) is 8.61. The van der Waals surface area contributed by atoms with Gasteiger partial charge in [0.2, 0.25) is 5.91 Å². The van der Waals surface area contributed by atoms with Crippen molar-refractivity contribution in [1.29, 1.82) is 5.26 Å². The summed E-state index contributed by atoms with van der Waals surface area (Å²) in [7, 11) is 1.57. The number of ether oxygens (including phenoxy) is 2. The van der Waals surface area contributed by atoms with E-state index in [2.05, 4.69) is 15.6 Å². The van der Waals surface area contributed by atoms with Crippen LogP contribution in [0.1, 0.15) is 36.8 Å². The molecule has 1 fully saturated rings. The highest BCUT2D eigenvalue weighted by atomic mass is 35.5. The maximum atomic E-state index is 14.2. The summed E-state index contributed by atoms with van der Waals surface area (Å²) >= 11 is 5.96. The normalized spacial score (nSPS) is 13.4. The Bertz CT molecular complexity index is 1320. The number of carbonyl (C=O) groups excluding carboxylic acids is 1. The molecule has 0 aliphatic heterocycles. The first kappa shape index (κ1) is 25.0. The van der Waals surface area contributed by atoms with E-state index in [0.29, 0.717) is 34.1 Å². The van der Waals surface area contributed by atoms with Crippen LogP contribution in [-0.4, -0.2) is 24.1 Å². The number of benzene rings is 2. The number of hydrogen-bond donors (Lipinski definition) is 2. The van der Waals surface area contributed by atoms with Crippen molar-refractivity contribution < 1.29 is 18.7 Å². The van der Waals surface area contributed by atoms with E-state index in [1.54, 1.807) is 25.3 Å². The minimum absolute atomic E-state index is 0.115. The van der Waals surface area contributed by atoms with E-state index in [0.717, 1.165) is 31.7 Å². The average Bonchev–Trinajstić information content (AvgIpc) is 3.40. The molecule has 0 saturated heterocycles. The Kier molecular flexibility index (Phi) is 8.03. The number of nitrogens with zero attached hydrogens (tertiary/aromatic N) is 2.